The maximum Gasteiger partial charge on any atom is 0.490 e. The first kappa shape index (κ1) is 23.9. The van der Waals surface area contributed by atoms with E-state index < -0.39 is 12.1 Å². The maximum absolute atomic E-state index is 12.4. The molecular weight excluding hydrogens is 401 g/mol. The molecule has 2 saturated heterocycles. The maximum atomic E-state index is 12.4. The van der Waals surface area contributed by atoms with Gasteiger partial charge in [-0.2, -0.15) is 18.3 Å². The largest absolute Gasteiger partial charge is 0.490 e. The molecule has 0 bridgehead atoms. The van der Waals surface area contributed by atoms with Crippen molar-refractivity contribution in [2.45, 2.75) is 63.3 Å². The number of rotatable bonds is 5. The SMILES string of the molecule is C=CCN1C(=O)CC[C@]12CCCN(Cc1cnn(C)c1)[C@H]2CC.O=C(O)C(F)(F)F. The number of aryl methyl sites for hydroxylation is 1. The molecule has 0 aromatic carbocycles. The topological polar surface area (TPSA) is 78.7 Å². The molecule has 0 radical (unpaired) electrons. The van der Waals surface area contributed by atoms with E-state index in [9.17, 15) is 18.0 Å². The lowest BCUT2D eigenvalue weighted by Crippen LogP contribution is -2.62. The fraction of sp³-hybridized carbons (Fsp3) is 0.650. The van der Waals surface area contributed by atoms with E-state index in [1.807, 2.05) is 24.0 Å². The number of alkyl halides is 3. The lowest BCUT2D eigenvalue weighted by molar-refractivity contribution is -0.192. The van der Waals surface area contributed by atoms with Gasteiger partial charge in [0.1, 0.15) is 0 Å². The van der Waals surface area contributed by atoms with Crippen molar-refractivity contribution in [3.05, 3.63) is 30.6 Å². The van der Waals surface area contributed by atoms with Gasteiger partial charge in [-0.15, -0.1) is 6.58 Å². The Morgan fingerprint density at radius 2 is 2.10 bits per heavy atom. The molecule has 2 aliphatic rings. The molecule has 1 amide bonds. The molecule has 1 spiro atoms. The zero-order valence-electron chi connectivity index (χ0n) is 17.4. The zero-order valence-corrected chi connectivity index (χ0v) is 17.4. The predicted octanol–water partition coefficient (Wildman–Crippen LogP) is 2.98. The van der Waals surface area contributed by atoms with Crippen LogP contribution in [0.15, 0.2) is 25.0 Å². The lowest BCUT2D eigenvalue weighted by atomic mass is 9.77. The van der Waals surface area contributed by atoms with Crippen LogP contribution in [-0.2, 0) is 23.2 Å². The van der Waals surface area contributed by atoms with E-state index in [0.717, 1.165) is 38.8 Å². The Kier molecular flexibility index (Phi) is 7.68. The summed E-state index contributed by atoms with van der Waals surface area (Å²) in [4.78, 5) is 26.0. The van der Waals surface area contributed by atoms with Crippen molar-refractivity contribution in [2.24, 2.45) is 7.05 Å². The number of halogens is 3. The quantitative estimate of drug-likeness (QED) is 0.727. The third-order valence-corrected chi connectivity index (χ3v) is 5.81. The number of aliphatic carboxylic acids is 1. The van der Waals surface area contributed by atoms with Gasteiger partial charge in [0.25, 0.3) is 0 Å². The Morgan fingerprint density at radius 1 is 1.43 bits per heavy atom. The summed E-state index contributed by atoms with van der Waals surface area (Å²) >= 11 is 0. The van der Waals surface area contributed by atoms with E-state index in [2.05, 4.69) is 34.6 Å². The van der Waals surface area contributed by atoms with Crippen LogP contribution in [0.1, 0.15) is 44.6 Å². The summed E-state index contributed by atoms with van der Waals surface area (Å²) in [6.45, 7) is 8.81. The van der Waals surface area contributed by atoms with Gasteiger partial charge < -0.3 is 10.0 Å². The van der Waals surface area contributed by atoms with Crippen LogP contribution >= 0.6 is 0 Å². The molecule has 2 aliphatic heterocycles. The highest BCUT2D eigenvalue weighted by Crippen LogP contribution is 2.43. The van der Waals surface area contributed by atoms with Gasteiger partial charge in [0.2, 0.25) is 5.91 Å². The average molecular weight is 430 g/mol. The molecule has 168 valence electrons. The van der Waals surface area contributed by atoms with Crippen LogP contribution in [0.2, 0.25) is 0 Å². The zero-order chi connectivity index (χ0) is 22.5. The molecule has 3 rings (SSSR count). The average Bonchev–Trinajstić information content (AvgIpc) is 3.21. The number of likely N-dealkylation sites (tertiary alicyclic amines) is 2. The van der Waals surface area contributed by atoms with Crippen LogP contribution in [0.25, 0.3) is 0 Å². The van der Waals surface area contributed by atoms with E-state index in [1.54, 1.807) is 0 Å². The Balaban J connectivity index is 0.000000396. The molecule has 0 saturated carbocycles. The number of piperidine rings is 1. The Morgan fingerprint density at radius 3 is 2.60 bits per heavy atom. The molecule has 0 unspecified atom stereocenters. The van der Waals surface area contributed by atoms with Crippen LogP contribution in [0.3, 0.4) is 0 Å². The number of aromatic nitrogens is 2. The first-order chi connectivity index (χ1) is 14.0. The first-order valence-electron chi connectivity index (χ1n) is 9.98. The second-order valence-electron chi connectivity index (χ2n) is 7.72. The summed E-state index contributed by atoms with van der Waals surface area (Å²) in [6.07, 6.45) is 5.85. The molecule has 1 aromatic rings. The van der Waals surface area contributed by atoms with Crippen molar-refractivity contribution in [3.8, 4) is 0 Å². The van der Waals surface area contributed by atoms with E-state index in [-0.39, 0.29) is 5.54 Å². The van der Waals surface area contributed by atoms with Crippen molar-refractivity contribution < 1.29 is 27.9 Å². The normalized spacial score (nSPS) is 24.6. The first-order valence-corrected chi connectivity index (χ1v) is 9.98. The number of carboxylic acids is 1. The van der Waals surface area contributed by atoms with Gasteiger partial charge in [-0.1, -0.05) is 13.0 Å². The van der Waals surface area contributed by atoms with E-state index in [4.69, 9.17) is 9.90 Å². The number of carboxylic acid groups (broad SMARTS) is 1. The monoisotopic (exact) mass is 430 g/mol. The van der Waals surface area contributed by atoms with E-state index in [1.165, 1.54) is 5.56 Å². The summed E-state index contributed by atoms with van der Waals surface area (Å²) in [5, 5.41) is 11.4. The van der Waals surface area contributed by atoms with E-state index in [0.29, 0.717) is 24.9 Å². The lowest BCUT2D eigenvalue weighted by Gasteiger charge is -2.52. The summed E-state index contributed by atoms with van der Waals surface area (Å²) in [6, 6.07) is 0.419. The predicted molar refractivity (Wildman–Crippen MR) is 104 cm³/mol. The van der Waals surface area contributed by atoms with Crippen LogP contribution in [-0.4, -0.2) is 67.4 Å². The molecule has 1 N–H and O–H groups in total. The number of amides is 1. The molecule has 0 aliphatic carbocycles. The summed E-state index contributed by atoms with van der Waals surface area (Å²) in [5.74, 6) is -2.46. The van der Waals surface area contributed by atoms with Crippen molar-refractivity contribution in [1.29, 1.82) is 0 Å². The second kappa shape index (κ2) is 9.63. The standard InChI is InChI=1S/C18H28N4O.C2HF3O2/c1-4-10-22-17(23)7-9-18(22)8-6-11-21(16(18)5-2)14-15-12-19-20(3)13-15;3-2(4,5)1(6)7/h4,12-13,16H,1,5-11,14H2,2-3H3;(H,6,7)/t16-,18-;/m0./s1. The molecule has 2 atom stereocenters. The minimum atomic E-state index is -5.08. The smallest absolute Gasteiger partial charge is 0.475 e. The number of hydrogen-bond donors (Lipinski definition) is 1. The summed E-state index contributed by atoms with van der Waals surface area (Å²) in [7, 11) is 1.96. The minimum Gasteiger partial charge on any atom is -0.475 e. The molecule has 1 aromatic heterocycles. The van der Waals surface area contributed by atoms with Crippen LogP contribution in [0, 0.1) is 0 Å². The van der Waals surface area contributed by atoms with Crippen LogP contribution in [0.4, 0.5) is 13.2 Å². The molecule has 10 heteroatoms. The van der Waals surface area contributed by atoms with Gasteiger partial charge in [-0.05, 0) is 32.2 Å². The van der Waals surface area contributed by atoms with Gasteiger partial charge >= 0.3 is 12.1 Å². The molecular formula is C20H29F3N4O3. The minimum absolute atomic E-state index is 0.000478. The third-order valence-electron chi connectivity index (χ3n) is 5.81. The summed E-state index contributed by atoms with van der Waals surface area (Å²) in [5.41, 5.74) is 1.25. The fourth-order valence-corrected chi connectivity index (χ4v) is 4.73. The highest BCUT2D eigenvalue weighted by molar-refractivity contribution is 5.80. The fourth-order valence-electron chi connectivity index (χ4n) is 4.73. The molecule has 30 heavy (non-hydrogen) atoms. The van der Waals surface area contributed by atoms with Crippen LogP contribution < -0.4 is 0 Å². The summed E-state index contributed by atoms with van der Waals surface area (Å²) < 4.78 is 33.6. The van der Waals surface area contributed by atoms with E-state index >= 15 is 0 Å². The van der Waals surface area contributed by atoms with Gasteiger partial charge in [0.15, 0.2) is 0 Å². The van der Waals surface area contributed by atoms with Crippen LogP contribution in [0.5, 0.6) is 0 Å². The highest BCUT2D eigenvalue weighted by Gasteiger charge is 2.52. The van der Waals surface area contributed by atoms with Gasteiger partial charge in [0, 0.05) is 44.4 Å². The number of hydrogen-bond acceptors (Lipinski definition) is 4. The third kappa shape index (κ3) is 5.21. The molecule has 3 heterocycles. The van der Waals surface area contributed by atoms with Crippen molar-refractivity contribution in [2.75, 3.05) is 13.1 Å². The number of carbonyl (C=O) groups excluding carboxylic acids is 1. The number of nitrogens with zero attached hydrogens (tertiary/aromatic N) is 4. The Labute approximate surface area is 174 Å². The highest BCUT2D eigenvalue weighted by atomic mass is 19.4. The van der Waals surface area contributed by atoms with Crippen molar-refractivity contribution >= 4 is 11.9 Å². The molecule has 7 nitrogen and oxygen atoms in total. The number of carbonyl (C=O) groups is 2. The Bertz CT molecular complexity index is 765. The molecule has 2 fully saturated rings. The van der Waals surface area contributed by atoms with Crippen molar-refractivity contribution in [3.63, 3.8) is 0 Å². The van der Waals surface area contributed by atoms with Crippen molar-refractivity contribution in [1.82, 2.24) is 19.6 Å². The van der Waals surface area contributed by atoms with Gasteiger partial charge in [0.05, 0.1) is 11.7 Å². The Hall–Kier alpha value is -2.36. The van der Waals surface area contributed by atoms with Gasteiger partial charge in [-0.3, -0.25) is 14.4 Å². The second-order valence-corrected chi connectivity index (χ2v) is 7.72. The van der Waals surface area contributed by atoms with Gasteiger partial charge in [-0.25, -0.2) is 4.79 Å².